The maximum Gasteiger partial charge on any atom is 0.242 e. The van der Waals surface area contributed by atoms with E-state index in [0.717, 1.165) is 24.5 Å². The largest absolute Gasteiger partial charge is 0.488 e. The lowest BCUT2D eigenvalue weighted by Crippen LogP contribution is -2.39. The van der Waals surface area contributed by atoms with E-state index in [-0.39, 0.29) is 18.1 Å². The minimum absolute atomic E-state index is 0.0112. The molecule has 1 amide bonds. The van der Waals surface area contributed by atoms with Gasteiger partial charge in [0.05, 0.1) is 13.2 Å². The first-order chi connectivity index (χ1) is 10.5. The first kappa shape index (κ1) is 16.6. The predicted molar refractivity (Wildman–Crippen MR) is 87.2 cm³/mol. The molecule has 1 fully saturated rings. The lowest BCUT2D eigenvalue weighted by molar-refractivity contribution is -0.121. The number of hydrogen-bond acceptors (Lipinski definition) is 4. The molecule has 5 heteroatoms. The fourth-order valence-corrected chi connectivity index (χ4v) is 2.20. The van der Waals surface area contributed by atoms with E-state index in [0.29, 0.717) is 19.1 Å². The molecule has 1 aliphatic heterocycles. The molecule has 0 aliphatic carbocycles. The molecule has 0 radical (unpaired) electrons. The third-order valence-electron chi connectivity index (χ3n) is 3.51. The molecule has 2 atom stereocenters. The van der Waals surface area contributed by atoms with Crippen molar-refractivity contribution < 1.29 is 14.3 Å². The van der Waals surface area contributed by atoms with Gasteiger partial charge in [-0.15, -0.1) is 0 Å². The van der Waals surface area contributed by atoms with E-state index in [9.17, 15) is 4.79 Å². The van der Waals surface area contributed by atoms with E-state index < -0.39 is 0 Å². The Morgan fingerprint density at radius 3 is 2.64 bits per heavy atom. The topological polar surface area (TPSA) is 59.6 Å². The van der Waals surface area contributed by atoms with E-state index in [4.69, 9.17) is 9.47 Å². The molecule has 2 rings (SSSR count). The number of carbonyl (C=O) groups excluding carboxylic acids is 1. The smallest absolute Gasteiger partial charge is 0.242 e. The summed E-state index contributed by atoms with van der Waals surface area (Å²) in [5.74, 6) is 1.29. The van der Waals surface area contributed by atoms with Gasteiger partial charge < -0.3 is 20.1 Å². The Balaban J connectivity index is 1.80. The highest BCUT2D eigenvalue weighted by Crippen LogP contribution is 2.20. The van der Waals surface area contributed by atoms with Crippen LogP contribution in [-0.4, -0.2) is 37.8 Å². The lowest BCUT2D eigenvalue weighted by atomic mass is 10.2. The van der Waals surface area contributed by atoms with Crippen molar-refractivity contribution in [3.05, 3.63) is 24.3 Å². The van der Waals surface area contributed by atoms with Gasteiger partial charge in [0.1, 0.15) is 17.9 Å². The molecule has 0 spiro atoms. The minimum Gasteiger partial charge on any atom is -0.488 e. The molecule has 1 aromatic carbocycles. The Bertz CT molecular complexity index is 467. The average Bonchev–Trinajstić information content (AvgIpc) is 2.99. The summed E-state index contributed by atoms with van der Waals surface area (Å²) in [7, 11) is 0. The van der Waals surface area contributed by atoms with Crippen molar-refractivity contribution in [2.45, 2.75) is 39.3 Å². The number of amides is 1. The van der Waals surface area contributed by atoms with Crippen LogP contribution in [0.15, 0.2) is 24.3 Å². The monoisotopic (exact) mass is 306 g/mol. The number of carbonyl (C=O) groups is 1. The van der Waals surface area contributed by atoms with Crippen LogP contribution in [0.5, 0.6) is 5.75 Å². The molecule has 0 aromatic heterocycles. The van der Waals surface area contributed by atoms with Gasteiger partial charge in [-0.25, -0.2) is 0 Å². The van der Waals surface area contributed by atoms with Gasteiger partial charge in [0, 0.05) is 18.7 Å². The number of anilines is 1. The second-order valence-electron chi connectivity index (χ2n) is 6.13. The maximum absolute atomic E-state index is 11.9. The van der Waals surface area contributed by atoms with Crippen LogP contribution < -0.4 is 15.4 Å². The van der Waals surface area contributed by atoms with Gasteiger partial charge in [0.25, 0.3) is 0 Å². The van der Waals surface area contributed by atoms with E-state index >= 15 is 0 Å². The number of hydrogen-bond donors (Lipinski definition) is 2. The number of ether oxygens (including phenoxy) is 2. The van der Waals surface area contributed by atoms with Crippen LogP contribution in [0.1, 0.15) is 27.2 Å². The highest BCUT2D eigenvalue weighted by Gasteiger charge is 2.17. The van der Waals surface area contributed by atoms with E-state index in [1.165, 1.54) is 0 Å². The normalized spacial score (nSPS) is 19.0. The van der Waals surface area contributed by atoms with Gasteiger partial charge in [-0.2, -0.15) is 0 Å². The highest BCUT2D eigenvalue weighted by atomic mass is 16.5. The summed E-state index contributed by atoms with van der Waals surface area (Å²) in [5, 5.41) is 6.12. The van der Waals surface area contributed by atoms with Crippen LogP contribution in [-0.2, 0) is 9.53 Å². The fourth-order valence-electron chi connectivity index (χ4n) is 2.20. The third-order valence-corrected chi connectivity index (χ3v) is 3.51. The quantitative estimate of drug-likeness (QED) is 0.812. The number of benzene rings is 1. The molecule has 0 saturated carbocycles. The van der Waals surface area contributed by atoms with Crippen molar-refractivity contribution in [1.29, 1.82) is 0 Å². The molecule has 2 N–H and O–H groups in total. The first-order valence-electron chi connectivity index (χ1n) is 7.93. The third kappa shape index (κ3) is 5.22. The zero-order valence-electron chi connectivity index (χ0n) is 13.6. The SMILES string of the molecule is CC(C)CNC(=O)[C@@H](C)Nc1ccc(O[C@H]2CCOC2)cc1. The van der Waals surface area contributed by atoms with Crippen molar-refractivity contribution in [3.63, 3.8) is 0 Å². The maximum atomic E-state index is 11.9. The summed E-state index contributed by atoms with van der Waals surface area (Å²) in [6.07, 6.45) is 1.09. The molecule has 1 aromatic rings. The van der Waals surface area contributed by atoms with Crippen LogP contribution in [0.4, 0.5) is 5.69 Å². The standard InChI is InChI=1S/C17H26N2O3/c1-12(2)10-18-17(20)13(3)19-14-4-6-15(7-5-14)22-16-8-9-21-11-16/h4-7,12-13,16,19H,8-11H2,1-3H3,(H,18,20)/t13-,16+/m1/s1. The molecule has 0 bridgehead atoms. The minimum atomic E-state index is -0.270. The van der Waals surface area contributed by atoms with Gasteiger partial charge in [-0.1, -0.05) is 13.8 Å². The zero-order chi connectivity index (χ0) is 15.9. The molecule has 1 heterocycles. The van der Waals surface area contributed by atoms with Crippen LogP contribution >= 0.6 is 0 Å². The molecule has 0 unspecified atom stereocenters. The summed E-state index contributed by atoms with van der Waals surface area (Å²) in [4.78, 5) is 11.9. The number of rotatable bonds is 7. The van der Waals surface area contributed by atoms with Crippen molar-refractivity contribution in [2.75, 3.05) is 25.1 Å². The summed E-state index contributed by atoms with van der Waals surface area (Å²) in [5.41, 5.74) is 0.905. The molecule has 22 heavy (non-hydrogen) atoms. The van der Waals surface area contributed by atoms with Gasteiger partial charge in [-0.05, 0) is 37.1 Å². The Kier molecular flexibility index (Phi) is 6.07. The predicted octanol–water partition coefficient (Wildman–Crippen LogP) is 2.43. The average molecular weight is 306 g/mol. The van der Waals surface area contributed by atoms with Crippen molar-refractivity contribution in [1.82, 2.24) is 5.32 Å². The van der Waals surface area contributed by atoms with Crippen LogP contribution in [0, 0.1) is 5.92 Å². The Morgan fingerprint density at radius 2 is 2.05 bits per heavy atom. The second-order valence-corrected chi connectivity index (χ2v) is 6.13. The molecule has 5 nitrogen and oxygen atoms in total. The summed E-state index contributed by atoms with van der Waals surface area (Å²) < 4.78 is 11.1. The molecule has 1 saturated heterocycles. The van der Waals surface area contributed by atoms with Gasteiger partial charge in [0.2, 0.25) is 5.91 Å². The van der Waals surface area contributed by atoms with E-state index in [1.54, 1.807) is 0 Å². The lowest BCUT2D eigenvalue weighted by Gasteiger charge is -2.17. The van der Waals surface area contributed by atoms with Crippen molar-refractivity contribution in [3.8, 4) is 5.75 Å². The van der Waals surface area contributed by atoms with E-state index in [2.05, 4.69) is 24.5 Å². The molecular formula is C17H26N2O3. The van der Waals surface area contributed by atoms with Crippen LogP contribution in [0.2, 0.25) is 0 Å². The first-order valence-corrected chi connectivity index (χ1v) is 7.93. The van der Waals surface area contributed by atoms with Crippen LogP contribution in [0.3, 0.4) is 0 Å². The van der Waals surface area contributed by atoms with Gasteiger partial charge in [0.15, 0.2) is 0 Å². The van der Waals surface area contributed by atoms with Crippen molar-refractivity contribution >= 4 is 11.6 Å². The highest BCUT2D eigenvalue weighted by molar-refractivity contribution is 5.84. The molecular weight excluding hydrogens is 280 g/mol. The zero-order valence-corrected chi connectivity index (χ0v) is 13.6. The summed E-state index contributed by atoms with van der Waals surface area (Å²) in [6, 6.07) is 7.42. The Labute approximate surface area is 132 Å². The Morgan fingerprint density at radius 1 is 1.32 bits per heavy atom. The Hall–Kier alpha value is -1.75. The van der Waals surface area contributed by atoms with Crippen molar-refractivity contribution in [2.24, 2.45) is 5.92 Å². The van der Waals surface area contributed by atoms with Gasteiger partial charge in [-0.3, -0.25) is 4.79 Å². The van der Waals surface area contributed by atoms with Gasteiger partial charge >= 0.3 is 0 Å². The molecule has 122 valence electrons. The summed E-state index contributed by atoms with van der Waals surface area (Å²) in [6.45, 7) is 8.14. The number of nitrogens with one attached hydrogen (secondary N) is 2. The fraction of sp³-hybridized carbons (Fsp3) is 0.588. The second kappa shape index (κ2) is 8.03. The molecule has 1 aliphatic rings. The van der Waals surface area contributed by atoms with Crippen LogP contribution in [0.25, 0.3) is 0 Å². The summed E-state index contributed by atoms with van der Waals surface area (Å²) >= 11 is 0. The van der Waals surface area contributed by atoms with E-state index in [1.807, 2.05) is 31.2 Å².